The third-order valence-electron chi connectivity index (χ3n) is 2.32. The summed E-state index contributed by atoms with van der Waals surface area (Å²) in [6.45, 7) is 9.73. The molecule has 1 aromatic heterocycles. The molecule has 0 atom stereocenters. The molecular weight excluding hydrogens is 200 g/mol. The summed E-state index contributed by atoms with van der Waals surface area (Å²) < 4.78 is 0. The van der Waals surface area contributed by atoms with Gasteiger partial charge in [0.15, 0.2) is 0 Å². The van der Waals surface area contributed by atoms with E-state index in [-0.39, 0.29) is 5.54 Å². The monoisotopic (exact) mass is 224 g/mol. The van der Waals surface area contributed by atoms with E-state index < -0.39 is 0 Å². The molecule has 0 aromatic carbocycles. The lowest BCUT2D eigenvalue weighted by atomic mass is 10.1. The van der Waals surface area contributed by atoms with Gasteiger partial charge >= 0.3 is 0 Å². The molecule has 4 heteroatoms. The van der Waals surface area contributed by atoms with Crippen LogP contribution in [0.4, 0.5) is 0 Å². The predicted molar refractivity (Wildman–Crippen MR) is 67.5 cm³/mol. The molecule has 0 aliphatic rings. The highest BCUT2D eigenvalue weighted by molar-refractivity contribution is 4.97. The van der Waals surface area contributed by atoms with Crippen molar-refractivity contribution in [2.75, 3.05) is 19.6 Å². The van der Waals surface area contributed by atoms with E-state index in [9.17, 15) is 0 Å². The van der Waals surface area contributed by atoms with Crippen molar-refractivity contribution in [3.63, 3.8) is 0 Å². The SMILES string of the molecule is CC(C)(C)NCCCNCCc1ccn[nH]1. The largest absolute Gasteiger partial charge is 0.316 e. The second-order valence-electron chi connectivity index (χ2n) is 5.11. The van der Waals surface area contributed by atoms with Gasteiger partial charge in [-0.3, -0.25) is 5.10 Å². The first kappa shape index (κ1) is 13.2. The molecule has 4 nitrogen and oxygen atoms in total. The summed E-state index contributed by atoms with van der Waals surface area (Å²) >= 11 is 0. The summed E-state index contributed by atoms with van der Waals surface area (Å²) in [6, 6.07) is 2.02. The lowest BCUT2D eigenvalue weighted by molar-refractivity contribution is 0.419. The van der Waals surface area contributed by atoms with Gasteiger partial charge in [-0.25, -0.2) is 0 Å². The van der Waals surface area contributed by atoms with E-state index in [1.54, 1.807) is 6.20 Å². The van der Waals surface area contributed by atoms with E-state index in [0.29, 0.717) is 0 Å². The lowest BCUT2D eigenvalue weighted by Crippen LogP contribution is -2.37. The van der Waals surface area contributed by atoms with E-state index >= 15 is 0 Å². The average molecular weight is 224 g/mol. The molecule has 0 fully saturated rings. The van der Waals surface area contributed by atoms with E-state index in [2.05, 4.69) is 41.6 Å². The number of nitrogens with one attached hydrogen (secondary N) is 3. The van der Waals surface area contributed by atoms with Crippen LogP contribution in [0.5, 0.6) is 0 Å². The first-order valence-corrected chi connectivity index (χ1v) is 6.02. The van der Waals surface area contributed by atoms with Crippen LogP contribution < -0.4 is 10.6 Å². The van der Waals surface area contributed by atoms with Gasteiger partial charge in [0, 0.05) is 30.4 Å². The molecule has 3 N–H and O–H groups in total. The zero-order chi connectivity index (χ0) is 11.9. The first-order valence-electron chi connectivity index (χ1n) is 6.02. The van der Waals surface area contributed by atoms with Gasteiger partial charge in [-0.2, -0.15) is 5.10 Å². The van der Waals surface area contributed by atoms with Crippen molar-refractivity contribution in [3.8, 4) is 0 Å². The van der Waals surface area contributed by atoms with Gasteiger partial charge in [0.25, 0.3) is 0 Å². The fourth-order valence-electron chi connectivity index (χ4n) is 1.45. The van der Waals surface area contributed by atoms with Crippen LogP contribution in [0.25, 0.3) is 0 Å². The molecule has 0 amide bonds. The highest BCUT2D eigenvalue weighted by Gasteiger charge is 2.06. The highest BCUT2D eigenvalue weighted by Crippen LogP contribution is 1.97. The van der Waals surface area contributed by atoms with Crippen molar-refractivity contribution >= 4 is 0 Å². The molecule has 0 aliphatic heterocycles. The number of aromatic amines is 1. The minimum atomic E-state index is 0.232. The predicted octanol–water partition coefficient (Wildman–Crippen LogP) is 1.32. The van der Waals surface area contributed by atoms with Crippen LogP contribution in [-0.4, -0.2) is 35.4 Å². The van der Waals surface area contributed by atoms with E-state index in [0.717, 1.165) is 26.1 Å². The maximum Gasteiger partial charge on any atom is 0.0490 e. The van der Waals surface area contributed by atoms with E-state index in [1.807, 2.05) is 6.07 Å². The maximum absolute atomic E-state index is 3.91. The van der Waals surface area contributed by atoms with Crippen molar-refractivity contribution in [2.45, 2.75) is 39.2 Å². The molecule has 0 bridgehead atoms. The Bertz CT molecular complexity index is 261. The van der Waals surface area contributed by atoms with Crippen molar-refractivity contribution in [2.24, 2.45) is 0 Å². The number of hydrogen-bond acceptors (Lipinski definition) is 3. The zero-order valence-corrected chi connectivity index (χ0v) is 10.6. The summed E-state index contributed by atoms with van der Waals surface area (Å²) in [5.74, 6) is 0. The highest BCUT2D eigenvalue weighted by atomic mass is 15.1. The minimum Gasteiger partial charge on any atom is -0.316 e. The molecule has 0 saturated carbocycles. The Morgan fingerprint density at radius 2 is 2.06 bits per heavy atom. The van der Waals surface area contributed by atoms with E-state index in [4.69, 9.17) is 0 Å². The van der Waals surface area contributed by atoms with Gasteiger partial charge in [-0.1, -0.05) is 0 Å². The smallest absolute Gasteiger partial charge is 0.0490 e. The first-order chi connectivity index (χ1) is 7.58. The van der Waals surface area contributed by atoms with Gasteiger partial charge in [0.2, 0.25) is 0 Å². The maximum atomic E-state index is 3.91. The van der Waals surface area contributed by atoms with Crippen LogP contribution in [0.2, 0.25) is 0 Å². The summed E-state index contributed by atoms with van der Waals surface area (Å²) in [5.41, 5.74) is 1.43. The van der Waals surface area contributed by atoms with Gasteiger partial charge in [0.1, 0.15) is 0 Å². The van der Waals surface area contributed by atoms with Crippen LogP contribution in [0.1, 0.15) is 32.9 Å². The number of nitrogens with zero attached hydrogens (tertiary/aromatic N) is 1. The molecule has 1 aromatic rings. The van der Waals surface area contributed by atoms with Crippen molar-refractivity contribution in [3.05, 3.63) is 18.0 Å². The molecule has 92 valence electrons. The van der Waals surface area contributed by atoms with Crippen molar-refractivity contribution < 1.29 is 0 Å². The Kier molecular flexibility index (Phi) is 5.49. The molecule has 0 unspecified atom stereocenters. The summed E-state index contributed by atoms with van der Waals surface area (Å²) in [4.78, 5) is 0. The van der Waals surface area contributed by atoms with Crippen LogP contribution in [0.3, 0.4) is 0 Å². The second-order valence-corrected chi connectivity index (χ2v) is 5.11. The number of H-pyrrole nitrogens is 1. The van der Waals surface area contributed by atoms with Crippen LogP contribution in [0, 0.1) is 0 Å². The third kappa shape index (κ3) is 6.58. The quantitative estimate of drug-likeness (QED) is 0.612. The summed E-state index contributed by atoms with van der Waals surface area (Å²) in [6.07, 6.45) is 3.98. The number of hydrogen-bond donors (Lipinski definition) is 3. The molecule has 0 radical (unpaired) electrons. The van der Waals surface area contributed by atoms with Crippen LogP contribution >= 0.6 is 0 Å². The molecule has 1 rings (SSSR count). The summed E-state index contributed by atoms with van der Waals surface area (Å²) in [7, 11) is 0. The molecular formula is C12H24N4. The minimum absolute atomic E-state index is 0.232. The lowest BCUT2D eigenvalue weighted by Gasteiger charge is -2.20. The van der Waals surface area contributed by atoms with E-state index in [1.165, 1.54) is 12.1 Å². The number of rotatable bonds is 7. The Labute approximate surface area is 98.2 Å². The Morgan fingerprint density at radius 1 is 1.25 bits per heavy atom. The standard InChI is InChI=1S/C12H24N4/c1-12(2,3)14-8-4-7-13-9-5-11-6-10-15-16-11/h6,10,13-14H,4-5,7-9H2,1-3H3,(H,15,16). The van der Waals surface area contributed by atoms with Gasteiger partial charge in [-0.05, 0) is 46.3 Å². The topological polar surface area (TPSA) is 52.7 Å². The number of aromatic nitrogens is 2. The van der Waals surface area contributed by atoms with Gasteiger partial charge in [-0.15, -0.1) is 0 Å². The third-order valence-corrected chi connectivity index (χ3v) is 2.32. The fourth-order valence-corrected chi connectivity index (χ4v) is 1.45. The van der Waals surface area contributed by atoms with Gasteiger partial charge < -0.3 is 10.6 Å². The van der Waals surface area contributed by atoms with Gasteiger partial charge in [0.05, 0.1) is 0 Å². The molecule has 16 heavy (non-hydrogen) atoms. The normalized spacial score (nSPS) is 11.9. The van der Waals surface area contributed by atoms with Crippen LogP contribution in [-0.2, 0) is 6.42 Å². The van der Waals surface area contributed by atoms with Crippen molar-refractivity contribution in [1.29, 1.82) is 0 Å². The molecule has 0 saturated heterocycles. The Morgan fingerprint density at radius 3 is 2.69 bits per heavy atom. The average Bonchev–Trinajstić information content (AvgIpc) is 2.67. The molecule has 1 heterocycles. The molecule has 0 spiro atoms. The van der Waals surface area contributed by atoms with Crippen molar-refractivity contribution in [1.82, 2.24) is 20.8 Å². The van der Waals surface area contributed by atoms with Crippen LogP contribution in [0.15, 0.2) is 12.3 Å². The fraction of sp³-hybridized carbons (Fsp3) is 0.750. The Hall–Kier alpha value is -0.870. The Balaban J connectivity index is 1.89. The zero-order valence-electron chi connectivity index (χ0n) is 10.6. The molecule has 0 aliphatic carbocycles. The second kappa shape index (κ2) is 6.66. The summed E-state index contributed by atoms with van der Waals surface area (Å²) in [5, 5.41) is 13.8.